The number of hydrogen-bond donors (Lipinski definition) is 1. The zero-order valence-corrected chi connectivity index (χ0v) is 14.6. The Morgan fingerprint density at radius 2 is 2.43 bits per heavy atom. The number of thioether (sulfide) groups is 1. The van der Waals surface area contributed by atoms with Gasteiger partial charge in [0.1, 0.15) is 12.4 Å². The van der Waals surface area contributed by atoms with Gasteiger partial charge in [0, 0.05) is 37.7 Å². The molecule has 23 heavy (non-hydrogen) atoms. The van der Waals surface area contributed by atoms with Gasteiger partial charge >= 0.3 is 5.69 Å². The van der Waals surface area contributed by atoms with Gasteiger partial charge in [0.15, 0.2) is 5.96 Å². The summed E-state index contributed by atoms with van der Waals surface area (Å²) in [4.78, 5) is 16.8. The van der Waals surface area contributed by atoms with Crippen LogP contribution in [-0.2, 0) is 6.54 Å². The highest BCUT2D eigenvalue weighted by Gasteiger charge is 2.24. The van der Waals surface area contributed by atoms with Gasteiger partial charge in [0.2, 0.25) is 0 Å². The van der Waals surface area contributed by atoms with E-state index in [0.717, 1.165) is 24.8 Å². The molecule has 1 aliphatic rings. The Balaban J connectivity index is 1.83. The van der Waals surface area contributed by atoms with Crippen molar-refractivity contribution in [3.63, 3.8) is 0 Å². The molecular formula is C14H24N6O2S. The Bertz CT molecular complexity index is 559. The molecule has 128 valence electrons. The molecule has 1 aliphatic heterocycles. The number of guanidine groups is 1. The quantitative estimate of drug-likeness (QED) is 0.378. The van der Waals surface area contributed by atoms with E-state index in [1.165, 1.54) is 12.4 Å². The lowest BCUT2D eigenvalue weighted by atomic mass is 10.1. The highest BCUT2D eigenvalue weighted by molar-refractivity contribution is 8.00. The highest BCUT2D eigenvalue weighted by atomic mass is 32.2. The van der Waals surface area contributed by atoms with E-state index in [-0.39, 0.29) is 5.69 Å². The molecule has 1 saturated heterocycles. The molecule has 1 aromatic rings. The van der Waals surface area contributed by atoms with Crippen LogP contribution in [0.2, 0.25) is 0 Å². The van der Waals surface area contributed by atoms with Gasteiger partial charge in [-0.25, -0.2) is 0 Å². The second-order valence-electron chi connectivity index (χ2n) is 5.79. The Kier molecular flexibility index (Phi) is 6.26. The molecule has 1 unspecified atom stereocenters. The van der Waals surface area contributed by atoms with E-state index in [0.29, 0.717) is 24.3 Å². The summed E-state index contributed by atoms with van der Waals surface area (Å²) in [5.41, 5.74) is 0.0159. The van der Waals surface area contributed by atoms with E-state index in [4.69, 9.17) is 0 Å². The molecule has 8 nitrogen and oxygen atoms in total. The van der Waals surface area contributed by atoms with Crippen LogP contribution in [0.25, 0.3) is 0 Å². The van der Waals surface area contributed by atoms with Crippen LogP contribution in [0.15, 0.2) is 17.4 Å². The third kappa shape index (κ3) is 4.85. The molecule has 0 aliphatic carbocycles. The van der Waals surface area contributed by atoms with Crippen molar-refractivity contribution in [2.45, 2.75) is 25.6 Å². The normalized spacial score (nSPS) is 19.2. The number of hydrogen-bond acceptors (Lipinski definition) is 5. The summed E-state index contributed by atoms with van der Waals surface area (Å²) in [6, 6.07) is 0. The fraction of sp³-hybridized carbons (Fsp3) is 0.714. The molecule has 2 rings (SSSR count). The van der Waals surface area contributed by atoms with Crippen molar-refractivity contribution in [2.24, 2.45) is 10.9 Å². The average Bonchev–Trinajstić information content (AvgIpc) is 3.01. The Hall–Kier alpha value is -1.77. The van der Waals surface area contributed by atoms with E-state index in [9.17, 15) is 10.1 Å². The Morgan fingerprint density at radius 1 is 1.65 bits per heavy atom. The van der Waals surface area contributed by atoms with Crippen LogP contribution >= 0.6 is 11.8 Å². The number of nitro groups is 1. The predicted octanol–water partition coefficient (Wildman–Crippen LogP) is 1.44. The summed E-state index contributed by atoms with van der Waals surface area (Å²) < 4.78 is 1.57. The van der Waals surface area contributed by atoms with Crippen molar-refractivity contribution in [3.8, 4) is 0 Å². The van der Waals surface area contributed by atoms with E-state index in [1.807, 2.05) is 11.8 Å². The monoisotopic (exact) mass is 340 g/mol. The largest absolute Gasteiger partial charge is 0.354 e. The molecule has 0 radical (unpaired) electrons. The third-order valence-corrected chi connectivity index (χ3v) is 5.34. The molecule has 0 spiro atoms. The van der Waals surface area contributed by atoms with E-state index in [2.05, 4.69) is 34.2 Å². The fourth-order valence-electron chi connectivity index (χ4n) is 2.45. The molecule has 1 aromatic heterocycles. The van der Waals surface area contributed by atoms with Crippen LogP contribution < -0.4 is 5.32 Å². The maximum absolute atomic E-state index is 10.6. The maximum Gasteiger partial charge on any atom is 0.306 e. The van der Waals surface area contributed by atoms with Crippen LogP contribution in [0.5, 0.6) is 0 Å². The smallest absolute Gasteiger partial charge is 0.306 e. The number of aliphatic imine (C=N–C) groups is 1. The van der Waals surface area contributed by atoms with Gasteiger partial charge in [0.25, 0.3) is 0 Å². The molecule has 1 fully saturated rings. The summed E-state index contributed by atoms with van der Waals surface area (Å²) >= 11 is 2.03. The molecule has 9 heteroatoms. The summed E-state index contributed by atoms with van der Waals surface area (Å²) in [5.74, 6) is 2.64. The molecule has 0 aromatic carbocycles. The summed E-state index contributed by atoms with van der Waals surface area (Å²) in [6.07, 6.45) is 2.71. The van der Waals surface area contributed by atoms with Crippen LogP contribution in [0, 0.1) is 16.0 Å². The fourth-order valence-corrected chi connectivity index (χ4v) is 3.75. The minimum atomic E-state index is -0.437. The van der Waals surface area contributed by atoms with Crippen LogP contribution in [0.4, 0.5) is 5.69 Å². The highest BCUT2D eigenvalue weighted by Crippen LogP contribution is 2.24. The molecule has 2 heterocycles. The first kappa shape index (κ1) is 17.6. The SMILES string of the molecule is CN=C(NCCn1cc([N+](=O)[O-])cn1)N1CCSC(C(C)C)C1. The zero-order valence-electron chi connectivity index (χ0n) is 13.8. The van der Waals surface area contributed by atoms with Gasteiger partial charge in [-0.2, -0.15) is 16.9 Å². The van der Waals surface area contributed by atoms with Crippen LogP contribution in [-0.4, -0.2) is 63.2 Å². The number of nitrogens with zero attached hydrogens (tertiary/aromatic N) is 5. The van der Waals surface area contributed by atoms with Gasteiger partial charge in [-0.05, 0) is 5.92 Å². The lowest BCUT2D eigenvalue weighted by Gasteiger charge is -2.36. The van der Waals surface area contributed by atoms with Crippen molar-refractivity contribution >= 4 is 23.4 Å². The second-order valence-corrected chi connectivity index (χ2v) is 7.14. The van der Waals surface area contributed by atoms with Crippen molar-refractivity contribution in [1.29, 1.82) is 0 Å². The van der Waals surface area contributed by atoms with Crippen LogP contribution in [0.1, 0.15) is 13.8 Å². The van der Waals surface area contributed by atoms with Gasteiger partial charge in [0.05, 0.1) is 11.5 Å². The molecule has 1 atom stereocenters. The average molecular weight is 340 g/mol. The number of nitrogens with one attached hydrogen (secondary N) is 1. The standard InChI is InChI=1S/C14H24N6O2S/c1-11(2)13-10-18(6-7-23-13)14(15-3)16-4-5-19-9-12(8-17-19)20(21)22/h8-9,11,13H,4-7,10H2,1-3H3,(H,15,16). The van der Waals surface area contributed by atoms with Crippen molar-refractivity contribution in [3.05, 3.63) is 22.5 Å². The molecular weight excluding hydrogens is 316 g/mol. The molecule has 1 N–H and O–H groups in total. The first-order valence-electron chi connectivity index (χ1n) is 7.75. The molecule has 0 saturated carbocycles. The topological polar surface area (TPSA) is 88.6 Å². The van der Waals surface area contributed by atoms with E-state index >= 15 is 0 Å². The number of aromatic nitrogens is 2. The summed E-state index contributed by atoms with van der Waals surface area (Å²) in [6.45, 7) is 7.67. The molecule has 0 amide bonds. The predicted molar refractivity (Wildman–Crippen MR) is 92.9 cm³/mol. The third-order valence-electron chi connectivity index (χ3n) is 3.80. The van der Waals surface area contributed by atoms with E-state index < -0.39 is 4.92 Å². The lowest BCUT2D eigenvalue weighted by molar-refractivity contribution is -0.385. The summed E-state index contributed by atoms with van der Waals surface area (Å²) in [5, 5.41) is 18.6. The molecule has 0 bridgehead atoms. The minimum Gasteiger partial charge on any atom is -0.354 e. The van der Waals surface area contributed by atoms with E-state index in [1.54, 1.807) is 11.7 Å². The van der Waals surface area contributed by atoms with Gasteiger partial charge in [-0.15, -0.1) is 0 Å². The van der Waals surface area contributed by atoms with Crippen molar-refractivity contribution < 1.29 is 4.92 Å². The van der Waals surface area contributed by atoms with Crippen LogP contribution in [0.3, 0.4) is 0 Å². The second kappa shape index (κ2) is 8.19. The zero-order chi connectivity index (χ0) is 16.8. The van der Waals surface area contributed by atoms with Gasteiger partial charge in [-0.1, -0.05) is 13.8 Å². The number of rotatable bonds is 5. The first-order chi connectivity index (χ1) is 11.0. The maximum atomic E-state index is 10.6. The minimum absolute atomic E-state index is 0.0159. The van der Waals surface area contributed by atoms with Crippen molar-refractivity contribution in [2.75, 3.05) is 32.4 Å². The lowest BCUT2D eigenvalue weighted by Crippen LogP contribution is -2.49. The Labute approximate surface area is 140 Å². The van der Waals surface area contributed by atoms with Gasteiger partial charge in [-0.3, -0.25) is 19.8 Å². The Morgan fingerprint density at radius 3 is 3.04 bits per heavy atom. The van der Waals surface area contributed by atoms with Gasteiger partial charge < -0.3 is 10.2 Å². The van der Waals surface area contributed by atoms with Crippen molar-refractivity contribution in [1.82, 2.24) is 20.0 Å². The summed E-state index contributed by atoms with van der Waals surface area (Å²) in [7, 11) is 1.78. The first-order valence-corrected chi connectivity index (χ1v) is 8.80.